The maximum absolute atomic E-state index is 13.5. The molecule has 3 rings (SSSR count). The molecule has 1 unspecified atom stereocenters. The van der Waals surface area contributed by atoms with Gasteiger partial charge in [0.25, 0.3) is 0 Å². The van der Waals surface area contributed by atoms with Gasteiger partial charge in [-0.3, -0.25) is 9.79 Å². The second-order valence-electron chi connectivity index (χ2n) is 7.06. The summed E-state index contributed by atoms with van der Waals surface area (Å²) in [5.41, 5.74) is 1.62. The number of thiazole rings is 1. The van der Waals surface area contributed by atoms with Gasteiger partial charge in [0.2, 0.25) is 5.91 Å². The SMILES string of the molecule is CC1=C(C(=O)O)C(c2ccc(F)cc2Br)N=C(c2nc(CC(=O)NC(C)C)cs2)N1. The first kappa shape index (κ1) is 22.1. The number of hydrogen-bond donors (Lipinski definition) is 3. The van der Waals surface area contributed by atoms with E-state index in [1.807, 2.05) is 13.8 Å². The molecular formula is C20H20BrFN4O3S. The molecule has 10 heteroatoms. The molecule has 1 aromatic carbocycles. The zero-order valence-corrected chi connectivity index (χ0v) is 18.9. The normalized spacial score (nSPS) is 16.3. The average molecular weight is 495 g/mol. The number of allylic oxidation sites excluding steroid dienone is 1. The molecule has 2 heterocycles. The Morgan fingerprint density at radius 1 is 1.40 bits per heavy atom. The van der Waals surface area contributed by atoms with Crippen LogP contribution in [-0.4, -0.2) is 33.8 Å². The standard InChI is InChI=1S/C20H20BrFN4O3S/c1-9(2)23-15(27)7-12-8-30-19(25-12)18-24-10(3)16(20(28)29)17(26-18)13-5-4-11(22)6-14(13)21/h4-6,8-9,17H,7H2,1-3H3,(H,23,27)(H,24,26)(H,28,29). The topological polar surface area (TPSA) is 104 Å². The van der Waals surface area contributed by atoms with Crippen LogP contribution in [0, 0.1) is 5.82 Å². The van der Waals surface area contributed by atoms with E-state index in [-0.39, 0.29) is 23.9 Å². The first-order valence-electron chi connectivity index (χ1n) is 9.13. The molecular weight excluding hydrogens is 475 g/mol. The molecule has 7 nitrogen and oxygen atoms in total. The van der Waals surface area contributed by atoms with E-state index in [4.69, 9.17) is 0 Å². The summed E-state index contributed by atoms with van der Waals surface area (Å²) in [6.45, 7) is 5.41. The quantitative estimate of drug-likeness (QED) is 0.569. The average Bonchev–Trinajstić information content (AvgIpc) is 3.08. The van der Waals surface area contributed by atoms with Crippen LogP contribution in [0.25, 0.3) is 0 Å². The number of aliphatic imine (C=N–C) groups is 1. The van der Waals surface area contributed by atoms with E-state index in [1.165, 1.54) is 29.5 Å². The van der Waals surface area contributed by atoms with Gasteiger partial charge >= 0.3 is 5.97 Å². The molecule has 0 saturated carbocycles. The summed E-state index contributed by atoms with van der Waals surface area (Å²) in [4.78, 5) is 32.9. The minimum Gasteiger partial charge on any atom is -0.478 e. The molecule has 0 fully saturated rings. The monoisotopic (exact) mass is 494 g/mol. The highest BCUT2D eigenvalue weighted by molar-refractivity contribution is 9.10. The van der Waals surface area contributed by atoms with Crippen molar-refractivity contribution in [2.75, 3.05) is 0 Å². The highest BCUT2D eigenvalue weighted by Crippen LogP contribution is 2.36. The molecule has 0 aliphatic carbocycles. The highest BCUT2D eigenvalue weighted by atomic mass is 79.9. The Kier molecular flexibility index (Phi) is 6.67. The summed E-state index contributed by atoms with van der Waals surface area (Å²) in [6, 6.07) is 3.25. The van der Waals surface area contributed by atoms with Crippen molar-refractivity contribution in [1.82, 2.24) is 15.6 Å². The molecule has 1 aliphatic heterocycles. The molecule has 3 N–H and O–H groups in total. The van der Waals surface area contributed by atoms with Crippen LogP contribution in [0.5, 0.6) is 0 Å². The Bertz CT molecular complexity index is 1060. The molecule has 1 atom stereocenters. The van der Waals surface area contributed by atoms with Crippen molar-refractivity contribution in [3.05, 3.63) is 61.4 Å². The van der Waals surface area contributed by atoms with Crippen molar-refractivity contribution >= 4 is 45.0 Å². The van der Waals surface area contributed by atoms with Crippen LogP contribution in [0.4, 0.5) is 4.39 Å². The van der Waals surface area contributed by atoms with Crippen LogP contribution in [0.1, 0.15) is 43.1 Å². The minimum absolute atomic E-state index is 0.0390. The molecule has 158 valence electrons. The van der Waals surface area contributed by atoms with Crippen molar-refractivity contribution in [2.24, 2.45) is 4.99 Å². The summed E-state index contributed by atoms with van der Waals surface area (Å²) in [5.74, 6) is -1.28. The number of nitrogens with zero attached hydrogens (tertiary/aromatic N) is 2. The summed E-state index contributed by atoms with van der Waals surface area (Å²) in [7, 11) is 0. The van der Waals surface area contributed by atoms with E-state index in [1.54, 1.807) is 12.3 Å². The summed E-state index contributed by atoms with van der Waals surface area (Å²) < 4.78 is 14.0. The Hall–Kier alpha value is -2.59. The number of carbonyl (C=O) groups excluding carboxylic acids is 1. The number of amides is 1. The van der Waals surface area contributed by atoms with E-state index in [0.29, 0.717) is 32.3 Å². The van der Waals surface area contributed by atoms with Crippen LogP contribution < -0.4 is 10.6 Å². The summed E-state index contributed by atoms with van der Waals surface area (Å²) in [6.07, 6.45) is 0.143. The van der Waals surface area contributed by atoms with Crippen LogP contribution in [-0.2, 0) is 16.0 Å². The molecule has 2 aromatic rings. The second kappa shape index (κ2) is 9.05. The Morgan fingerprint density at radius 2 is 2.13 bits per heavy atom. The van der Waals surface area contributed by atoms with Gasteiger partial charge in [-0.25, -0.2) is 14.2 Å². The Labute approximate surface area is 185 Å². The van der Waals surface area contributed by atoms with Crippen molar-refractivity contribution in [2.45, 2.75) is 39.3 Å². The zero-order valence-electron chi connectivity index (χ0n) is 16.5. The number of rotatable bonds is 6. The third kappa shape index (κ3) is 4.93. The Balaban J connectivity index is 1.95. The van der Waals surface area contributed by atoms with Crippen molar-refractivity contribution < 1.29 is 19.1 Å². The molecule has 1 amide bonds. The zero-order chi connectivity index (χ0) is 22.0. The highest BCUT2D eigenvalue weighted by Gasteiger charge is 2.31. The molecule has 1 aromatic heterocycles. The number of amidine groups is 1. The molecule has 0 radical (unpaired) electrons. The predicted octanol–water partition coefficient (Wildman–Crippen LogP) is 3.56. The smallest absolute Gasteiger partial charge is 0.335 e. The number of nitrogens with one attached hydrogen (secondary N) is 2. The van der Waals surface area contributed by atoms with Gasteiger partial charge < -0.3 is 15.7 Å². The second-order valence-corrected chi connectivity index (χ2v) is 8.77. The van der Waals surface area contributed by atoms with E-state index < -0.39 is 17.8 Å². The lowest BCUT2D eigenvalue weighted by molar-refractivity contribution is -0.133. The van der Waals surface area contributed by atoms with Crippen molar-refractivity contribution in [1.29, 1.82) is 0 Å². The lowest BCUT2D eigenvalue weighted by Crippen LogP contribution is -2.32. The Morgan fingerprint density at radius 3 is 2.77 bits per heavy atom. The molecule has 30 heavy (non-hydrogen) atoms. The lowest BCUT2D eigenvalue weighted by atomic mass is 9.96. The van der Waals surface area contributed by atoms with Gasteiger partial charge in [0, 0.05) is 21.6 Å². The maximum atomic E-state index is 13.5. The number of halogens is 2. The van der Waals surface area contributed by atoms with Crippen LogP contribution in [0.15, 0.2) is 44.3 Å². The number of carboxylic acids is 1. The van der Waals surface area contributed by atoms with Gasteiger partial charge in [0.1, 0.15) is 11.9 Å². The van der Waals surface area contributed by atoms with Gasteiger partial charge in [-0.15, -0.1) is 11.3 Å². The lowest BCUT2D eigenvalue weighted by Gasteiger charge is -2.25. The van der Waals surface area contributed by atoms with Crippen LogP contribution >= 0.6 is 27.3 Å². The number of hydrogen-bond acceptors (Lipinski definition) is 6. The number of aliphatic carboxylic acids is 1. The first-order valence-corrected chi connectivity index (χ1v) is 10.8. The first-order chi connectivity index (χ1) is 14.2. The van der Waals surface area contributed by atoms with Crippen LogP contribution in [0.2, 0.25) is 0 Å². The predicted molar refractivity (Wildman–Crippen MR) is 116 cm³/mol. The van der Waals surface area contributed by atoms with E-state index in [0.717, 1.165) is 0 Å². The molecule has 0 bridgehead atoms. The maximum Gasteiger partial charge on any atom is 0.335 e. The van der Waals surface area contributed by atoms with Gasteiger partial charge in [-0.05, 0) is 38.5 Å². The molecule has 0 saturated heterocycles. The largest absolute Gasteiger partial charge is 0.478 e. The van der Waals surface area contributed by atoms with Gasteiger partial charge in [0.15, 0.2) is 10.8 Å². The van der Waals surface area contributed by atoms with E-state index >= 15 is 0 Å². The van der Waals surface area contributed by atoms with Gasteiger partial charge in [-0.1, -0.05) is 22.0 Å². The van der Waals surface area contributed by atoms with E-state index in [2.05, 4.69) is 36.5 Å². The number of carboxylic acid groups (broad SMARTS) is 1. The fourth-order valence-corrected chi connectivity index (χ4v) is 4.38. The molecule has 0 spiro atoms. The summed E-state index contributed by atoms with van der Waals surface area (Å²) in [5, 5.41) is 17.8. The fraction of sp³-hybridized carbons (Fsp3) is 0.300. The summed E-state index contributed by atoms with van der Waals surface area (Å²) >= 11 is 4.61. The van der Waals surface area contributed by atoms with Crippen molar-refractivity contribution in [3.63, 3.8) is 0 Å². The van der Waals surface area contributed by atoms with Gasteiger partial charge in [-0.2, -0.15) is 0 Å². The third-order valence-electron chi connectivity index (χ3n) is 4.27. The number of benzene rings is 1. The molecule has 1 aliphatic rings. The number of aromatic nitrogens is 1. The third-order valence-corrected chi connectivity index (χ3v) is 5.86. The number of carbonyl (C=O) groups is 2. The van der Waals surface area contributed by atoms with Gasteiger partial charge in [0.05, 0.1) is 17.7 Å². The minimum atomic E-state index is -1.12. The van der Waals surface area contributed by atoms with E-state index in [9.17, 15) is 19.1 Å². The van der Waals surface area contributed by atoms with Crippen molar-refractivity contribution in [3.8, 4) is 0 Å². The van der Waals surface area contributed by atoms with Crippen LogP contribution in [0.3, 0.4) is 0 Å². The fourth-order valence-electron chi connectivity index (χ4n) is 3.04.